The van der Waals surface area contributed by atoms with Crippen LogP contribution in [-0.2, 0) is 13.2 Å². The molecule has 6 nitrogen and oxygen atoms in total. The lowest BCUT2D eigenvalue weighted by atomic mass is 10.0. The summed E-state index contributed by atoms with van der Waals surface area (Å²) < 4.78 is 6.60. The van der Waals surface area contributed by atoms with Gasteiger partial charge < -0.3 is 4.42 Å². The maximum absolute atomic E-state index is 12.1. The summed E-state index contributed by atoms with van der Waals surface area (Å²) in [5.74, 6) is -0.169. The number of nitrogens with zero attached hydrogens (tertiary/aromatic N) is 4. The molecular formula is C20H18N4O2. The zero-order valence-electron chi connectivity index (χ0n) is 14.4. The molecular weight excluding hydrogens is 328 g/mol. The molecule has 0 aliphatic carbocycles. The lowest BCUT2D eigenvalue weighted by Gasteiger charge is -2.17. The first-order valence-corrected chi connectivity index (χ1v) is 8.34. The Hall–Kier alpha value is -3.25. The standard InChI is InChI=1S/C20H18N4O2/c1-23(13-17-7-4-6-15-5-2-3-8-18(15)17)14-24-20(25)26-19(22-24)16-9-11-21-12-10-16/h2-12H,13-14H2,1H3. The number of hydrogen-bond acceptors (Lipinski definition) is 5. The van der Waals surface area contributed by atoms with Crippen molar-refractivity contribution >= 4 is 10.8 Å². The first-order chi connectivity index (χ1) is 12.7. The second-order valence-electron chi connectivity index (χ2n) is 6.20. The van der Waals surface area contributed by atoms with Crippen LogP contribution in [0.1, 0.15) is 5.56 Å². The van der Waals surface area contributed by atoms with E-state index < -0.39 is 5.76 Å². The van der Waals surface area contributed by atoms with E-state index in [2.05, 4.69) is 40.4 Å². The maximum atomic E-state index is 12.1. The average molecular weight is 346 g/mol. The van der Waals surface area contributed by atoms with Gasteiger partial charge in [0, 0.05) is 24.5 Å². The van der Waals surface area contributed by atoms with Crippen molar-refractivity contribution in [3.05, 3.63) is 83.1 Å². The Morgan fingerprint density at radius 3 is 2.65 bits per heavy atom. The van der Waals surface area contributed by atoms with Gasteiger partial charge in [0.2, 0.25) is 5.89 Å². The predicted molar refractivity (Wildman–Crippen MR) is 99.4 cm³/mol. The third-order valence-corrected chi connectivity index (χ3v) is 4.23. The fourth-order valence-electron chi connectivity index (χ4n) is 3.01. The van der Waals surface area contributed by atoms with E-state index in [-0.39, 0.29) is 0 Å². The molecule has 0 unspecified atom stereocenters. The Kier molecular flexibility index (Phi) is 4.33. The van der Waals surface area contributed by atoms with Gasteiger partial charge in [-0.25, -0.2) is 4.79 Å². The van der Waals surface area contributed by atoms with Crippen molar-refractivity contribution in [1.82, 2.24) is 19.7 Å². The van der Waals surface area contributed by atoms with Gasteiger partial charge in [-0.3, -0.25) is 9.88 Å². The Balaban J connectivity index is 1.54. The smallest absolute Gasteiger partial charge is 0.388 e. The molecule has 0 saturated heterocycles. The van der Waals surface area contributed by atoms with Gasteiger partial charge in [-0.05, 0) is 35.5 Å². The van der Waals surface area contributed by atoms with Crippen LogP contribution in [0, 0.1) is 0 Å². The number of aromatic nitrogens is 3. The topological polar surface area (TPSA) is 64.2 Å². The lowest BCUT2D eigenvalue weighted by Crippen LogP contribution is -2.28. The molecule has 4 rings (SSSR count). The van der Waals surface area contributed by atoms with Gasteiger partial charge in [-0.1, -0.05) is 42.5 Å². The van der Waals surface area contributed by atoms with Gasteiger partial charge in [0.1, 0.15) is 6.67 Å². The van der Waals surface area contributed by atoms with Gasteiger partial charge in [-0.15, -0.1) is 5.10 Å². The molecule has 0 N–H and O–H groups in total. The van der Waals surface area contributed by atoms with E-state index in [1.807, 2.05) is 24.1 Å². The third-order valence-electron chi connectivity index (χ3n) is 4.23. The minimum atomic E-state index is -0.471. The molecule has 2 aromatic heterocycles. The van der Waals surface area contributed by atoms with Crippen molar-refractivity contribution in [3.63, 3.8) is 0 Å². The highest BCUT2D eigenvalue weighted by molar-refractivity contribution is 5.85. The number of benzene rings is 2. The summed E-state index contributed by atoms with van der Waals surface area (Å²) in [7, 11) is 1.95. The zero-order chi connectivity index (χ0) is 17.9. The van der Waals surface area contributed by atoms with E-state index in [9.17, 15) is 4.79 Å². The van der Waals surface area contributed by atoms with Crippen LogP contribution >= 0.6 is 0 Å². The normalized spacial score (nSPS) is 11.3. The zero-order valence-corrected chi connectivity index (χ0v) is 14.4. The molecule has 0 bridgehead atoms. The van der Waals surface area contributed by atoms with Gasteiger partial charge in [0.05, 0.1) is 0 Å². The second-order valence-corrected chi connectivity index (χ2v) is 6.20. The van der Waals surface area contributed by atoms with Crippen LogP contribution in [0.25, 0.3) is 22.2 Å². The first kappa shape index (κ1) is 16.2. The van der Waals surface area contributed by atoms with E-state index in [0.29, 0.717) is 19.1 Å². The number of rotatable bonds is 5. The fraction of sp³-hybridized carbons (Fsp3) is 0.150. The van der Waals surface area contributed by atoms with E-state index in [4.69, 9.17) is 4.42 Å². The van der Waals surface area contributed by atoms with E-state index >= 15 is 0 Å². The highest BCUT2D eigenvalue weighted by atomic mass is 16.4. The van der Waals surface area contributed by atoms with E-state index in [1.54, 1.807) is 24.5 Å². The summed E-state index contributed by atoms with van der Waals surface area (Å²) in [5.41, 5.74) is 1.93. The third kappa shape index (κ3) is 3.27. The Morgan fingerprint density at radius 1 is 1.04 bits per heavy atom. The van der Waals surface area contributed by atoms with Crippen LogP contribution in [0.5, 0.6) is 0 Å². The molecule has 0 saturated carbocycles. The molecule has 2 heterocycles. The molecule has 0 atom stereocenters. The average Bonchev–Trinajstić information content (AvgIpc) is 3.03. The van der Waals surface area contributed by atoms with E-state index in [0.717, 1.165) is 5.56 Å². The van der Waals surface area contributed by atoms with Gasteiger partial charge in [0.15, 0.2) is 0 Å². The van der Waals surface area contributed by atoms with Crippen molar-refractivity contribution in [2.24, 2.45) is 0 Å². The summed E-state index contributed by atoms with van der Waals surface area (Å²) in [4.78, 5) is 18.1. The SMILES string of the molecule is CN(Cc1cccc2ccccc12)Cn1nc(-c2ccncc2)oc1=O. The summed E-state index contributed by atoms with van der Waals surface area (Å²) in [6, 6.07) is 18.1. The molecule has 0 radical (unpaired) electrons. The Labute approximate surface area is 150 Å². The van der Waals surface area contributed by atoms with Crippen molar-refractivity contribution in [1.29, 1.82) is 0 Å². The highest BCUT2D eigenvalue weighted by Crippen LogP contribution is 2.20. The van der Waals surface area contributed by atoms with Crippen molar-refractivity contribution in [2.45, 2.75) is 13.2 Å². The predicted octanol–water partition coefficient (Wildman–Crippen LogP) is 3.14. The quantitative estimate of drug-likeness (QED) is 0.555. The summed E-state index contributed by atoms with van der Waals surface area (Å²) in [5, 5.41) is 6.71. The maximum Gasteiger partial charge on any atom is 0.438 e. The molecule has 0 fully saturated rings. The van der Waals surface area contributed by atoms with Crippen LogP contribution in [0.2, 0.25) is 0 Å². The van der Waals surface area contributed by atoms with Crippen molar-refractivity contribution < 1.29 is 4.42 Å². The molecule has 2 aromatic carbocycles. The Morgan fingerprint density at radius 2 is 1.81 bits per heavy atom. The first-order valence-electron chi connectivity index (χ1n) is 8.34. The molecule has 0 amide bonds. The monoisotopic (exact) mass is 346 g/mol. The molecule has 26 heavy (non-hydrogen) atoms. The molecule has 4 aromatic rings. The number of hydrogen-bond donors (Lipinski definition) is 0. The second kappa shape index (κ2) is 6.93. The molecule has 0 aliphatic rings. The Bertz CT molecular complexity index is 1080. The lowest BCUT2D eigenvalue weighted by molar-refractivity contribution is 0.237. The molecule has 6 heteroatoms. The van der Waals surface area contributed by atoms with Crippen molar-refractivity contribution in [3.8, 4) is 11.5 Å². The summed E-state index contributed by atoms with van der Waals surface area (Å²) >= 11 is 0. The minimum absolute atomic E-state index is 0.302. The molecule has 0 aliphatic heterocycles. The highest BCUT2D eigenvalue weighted by Gasteiger charge is 2.12. The van der Waals surface area contributed by atoms with E-state index in [1.165, 1.54) is 21.0 Å². The van der Waals surface area contributed by atoms with Gasteiger partial charge in [-0.2, -0.15) is 4.68 Å². The molecule has 130 valence electrons. The minimum Gasteiger partial charge on any atom is -0.388 e. The fourth-order valence-corrected chi connectivity index (χ4v) is 3.01. The van der Waals surface area contributed by atoms with Gasteiger partial charge in [0.25, 0.3) is 0 Å². The summed E-state index contributed by atoms with van der Waals surface area (Å²) in [6.45, 7) is 1.04. The largest absolute Gasteiger partial charge is 0.438 e. The van der Waals surface area contributed by atoms with Crippen LogP contribution in [0.3, 0.4) is 0 Å². The van der Waals surface area contributed by atoms with Gasteiger partial charge >= 0.3 is 5.76 Å². The van der Waals surface area contributed by atoms with Crippen LogP contribution in [0.4, 0.5) is 0 Å². The van der Waals surface area contributed by atoms with Crippen molar-refractivity contribution in [2.75, 3.05) is 7.05 Å². The molecule has 0 spiro atoms. The number of pyridine rings is 1. The van der Waals surface area contributed by atoms with Crippen LogP contribution < -0.4 is 5.76 Å². The summed E-state index contributed by atoms with van der Waals surface area (Å²) in [6.07, 6.45) is 3.28. The van der Waals surface area contributed by atoms with Crippen LogP contribution in [-0.4, -0.2) is 26.7 Å². The van der Waals surface area contributed by atoms with Crippen LogP contribution in [0.15, 0.2) is 76.2 Å². The number of fused-ring (bicyclic) bond motifs is 1.